The molecule has 3 aromatic rings. The first-order chi connectivity index (χ1) is 24.0. The number of rotatable bonds is 7. The fourth-order valence-electron chi connectivity index (χ4n) is 7.73. The molecule has 2 aromatic carbocycles. The molecule has 2 N–H and O–H groups in total. The van der Waals surface area contributed by atoms with Gasteiger partial charge in [-0.15, -0.1) is 0 Å². The molecule has 14 heteroatoms. The standard InChI is InChI=1S/C36H41BrN8O5/c1-41-18-25(16-26(20-41)39-29-17-38-42(2)36(50)32(29)37)22-6-8-23(9-7-22)34(48)44-14-12-43(13-15-44)19-24-4-3-5-27-28(24)21-45(35(27)49)30-10-11-31(46)40-33(30)47/h3-9,17,25-26,30,39H,10-16,18-21H2,1-2H3,(H,40,46,47)/t25-,26+,30?/m1/s1. The maximum atomic E-state index is 13.5. The summed E-state index contributed by atoms with van der Waals surface area (Å²) in [6.07, 6.45) is 3.12. The van der Waals surface area contributed by atoms with Crippen molar-refractivity contribution in [3.05, 3.63) is 91.3 Å². The minimum absolute atomic E-state index is 0.0191. The molecule has 0 saturated carbocycles. The van der Waals surface area contributed by atoms with E-state index in [0.717, 1.165) is 30.6 Å². The van der Waals surface area contributed by atoms with Gasteiger partial charge in [0.15, 0.2) is 0 Å². The monoisotopic (exact) mass is 744 g/mol. The number of nitrogens with one attached hydrogen (secondary N) is 2. The Morgan fingerprint density at radius 1 is 1.00 bits per heavy atom. The topological polar surface area (TPSA) is 140 Å². The zero-order valence-electron chi connectivity index (χ0n) is 28.2. The van der Waals surface area contributed by atoms with E-state index in [0.29, 0.717) is 67.0 Å². The molecule has 50 heavy (non-hydrogen) atoms. The molecule has 3 saturated heterocycles. The quantitative estimate of drug-likeness (QED) is 0.349. The molecule has 262 valence electrons. The lowest BCUT2D eigenvalue weighted by Gasteiger charge is -2.37. The average Bonchev–Trinajstić information content (AvgIpc) is 3.45. The van der Waals surface area contributed by atoms with Gasteiger partial charge in [-0.25, -0.2) is 4.68 Å². The number of amides is 4. The molecule has 4 amide bonds. The van der Waals surface area contributed by atoms with Crippen molar-refractivity contribution < 1.29 is 19.2 Å². The first-order valence-corrected chi connectivity index (χ1v) is 17.9. The molecule has 5 heterocycles. The third kappa shape index (κ3) is 6.83. The molecule has 0 aliphatic carbocycles. The Hall–Kier alpha value is -4.40. The van der Waals surface area contributed by atoms with Crippen molar-refractivity contribution in [2.45, 2.75) is 50.4 Å². The number of hydrogen-bond donors (Lipinski definition) is 2. The number of nitrogens with zero attached hydrogens (tertiary/aromatic N) is 6. The lowest BCUT2D eigenvalue weighted by molar-refractivity contribution is -0.136. The van der Waals surface area contributed by atoms with Crippen LogP contribution in [0.1, 0.15) is 62.6 Å². The summed E-state index contributed by atoms with van der Waals surface area (Å²) in [7, 11) is 3.72. The molecule has 0 bridgehead atoms. The molecule has 0 radical (unpaired) electrons. The molecular weight excluding hydrogens is 704 g/mol. The molecule has 0 spiro atoms. The number of aromatic nitrogens is 2. The van der Waals surface area contributed by atoms with Gasteiger partial charge in [0.2, 0.25) is 11.8 Å². The number of likely N-dealkylation sites (tertiary alicyclic amines) is 1. The SMILES string of the molecule is CN1C[C@@H](Nc2cnn(C)c(=O)c2Br)C[C@@H](c2ccc(C(=O)N3CCN(Cc4cccc5c4CN(C4CCC(=O)NC4=O)C5=O)CC3)cc2)C1. The minimum atomic E-state index is -0.639. The highest BCUT2D eigenvalue weighted by molar-refractivity contribution is 9.10. The van der Waals surface area contributed by atoms with Gasteiger partial charge in [0.1, 0.15) is 10.5 Å². The number of hydrogen-bond acceptors (Lipinski definition) is 9. The van der Waals surface area contributed by atoms with Crippen molar-refractivity contribution in [1.82, 2.24) is 34.7 Å². The Labute approximate surface area is 298 Å². The van der Waals surface area contributed by atoms with Gasteiger partial charge in [0.05, 0.1) is 11.9 Å². The third-order valence-corrected chi connectivity index (χ3v) is 11.2. The Morgan fingerprint density at radius 3 is 2.50 bits per heavy atom. The number of benzene rings is 2. The number of anilines is 1. The molecule has 3 fully saturated rings. The van der Waals surface area contributed by atoms with Crippen molar-refractivity contribution in [1.29, 1.82) is 0 Å². The predicted octanol–water partition coefficient (Wildman–Crippen LogP) is 2.16. The number of likely N-dealkylation sites (N-methyl/N-ethyl adjacent to an activating group) is 1. The fourth-order valence-corrected chi connectivity index (χ4v) is 8.20. The van der Waals surface area contributed by atoms with Crippen LogP contribution in [0.15, 0.2) is 57.9 Å². The van der Waals surface area contributed by atoms with Crippen molar-refractivity contribution in [3.8, 4) is 0 Å². The zero-order valence-corrected chi connectivity index (χ0v) is 29.8. The van der Waals surface area contributed by atoms with Crippen molar-refractivity contribution in [2.75, 3.05) is 51.6 Å². The molecule has 1 aromatic heterocycles. The summed E-state index contributed by atoms with van der Waals surface area (Å²) in [6.45, 7) is 5.36. The van der Waals surface area contributed by atoms with E-state index in [9.17, 15) is 24.0 Å². The highest BCUT2D eigenvalue weighted by atomic mass is 79.9. The van der Waals surface area contributed by atoms with Gasteiger partial charge >= 0.3 is 0 Å². The maximum absolute atomic E-state index is 13.5. The van der Waals surface area contributed by atoms with E-state index < -0.39 is 11.9 Å². The Kier molecular flexibility index (Phi) is 9.59. The van der Waals surface area contributed by atoms with Crippen LogP contribution >= 0.6 is 15.9 Å². The van der Waals surface area contributed by atoms with Gasteiger partial charge in [-0.2, -0.15) is 5.10 Å². The second-order valence-corrected chi connectivity index (χ2v) is 14.6. The summed E-state index contributed by atoms with van der Waals surface area (Å²) in [5.41, 5.74) is 4.94. The Balaban J connectivity index is 0.937. The number of aryl methyl sites for hydroxylation is 1. The number of piperidine rings is 2. The van der Waals surface area contributed by atoms with E-state index in [4.69, 9.17) is 0 Å². The molecule has 3 atom stereocenters. The van der Waals surface area contributed by atoms with Crippen LogP contribution in [0.25, 0.3) is 0 Å². The number of carbonyl (C=O) groups excluding carboxylic acids is 4. The van der Waals surface area contributed by atoms with Crippen LogP contribution in [0.2, 0.25) is 0 Å². The van der Waals surface area contributed by atoms with Gasteiger partial charge in [0, 0.05) is 83.0 Å². The van der Waals surface area contributed by atoms with Crippen LogP contribution in [0, 0.1) is 0 Å². The van der Waals surface area contributed by atoms with Gasteiger partial charge in [0.25, 0.3) is 17.4 Å². The smallest absolute Gasteiger partial charge is 0.282 e. The van der Waals surface area contributed by atoms with Crippen LogP contribution in [0.4, 0.5) is 5.69 Å². The highest BCUT2D eigenvalue weighted by Gasteiger charge is 2.40. The Morgan fingerprint density at radius 2 is 1.76 bits per heavy atom. The van der Waals surface area contributed by atoms with Crippen LogP contribution in [-0.2, 0) is 29.7 Å². The van der Waals surface area contributed by atoms with E-state index in [-0.39, 0.29) is 41.7 Å². The molecule has 4 aliphatic heterocycles. The van der Waals surface area contributed by atoms with Crippen molar-refractivity contribution in [2.24, 2.45) is 7.05 Å². The second kappa shape index (κ2) is 14.1. The largest absolute Gasteiger partial charge is 0.379 e. The first kappa shape index (κ1) is 34.1. The normalized spacial score (nSPS) is 23.2. The minimum Gasteiger partial charge on any atom is -0.379 e. The van der Waals surface area contributed by atoms with E-state index in [2.05, 4.69) is 60.6 Å². The molecule has 1 unspecified atom stereocenters. The summed E-state index contributed by atoms with van der Waals surface area (Å²) in [6, 6.07) is 13.2. The summed E-state index contributed by atoms with van der Waals surface area (Å²) in [4.78, 5) is 71.3. The molecule has 4 aliphatic rings. The summed E-state index contributed by atoms with van der Waals surface area (Å²) >= 11 is 3.42. The summed E-state index contributed by atoms with van der Waals surface area (Å²) < 4.78 is 1.77. The van der Waals surface area contributed by atoms with E-state index >= 15 is 0 Å². The number of halogens is 1. The maximum Gasteiger partial charge on any atom is 0.282 e. The van der Waals surface area contributed by atoms with E-state index in [1.54, 1.807) is 18.1 Å². The van der Waals surface area contributed by atoms with Crippen LogP contribution in [0.3, 0.4) is 0 Å². The summed E-state index contributed by atoms with van der Waals surface area (Å²) in [5, 5.41) is 10.0. The average molecular weight is 746 g/mol. The van der Waals surface area contributed by atoms with Gasteiger partial charge in [-0.05, 0) is 76.6 Å². The van der Waals surface area contributed by atoms with Crippen LogP contribution < -0.4 is 16.2 Å². The predicted molar refractivity (Wildman–Crippen MR) is 190 cm³/mol. The molecule has 7 rings (SSSR count). The van der Waals surface area contributed by atoms with Gasteiger partial charge in [-0.1, -0.05) is 24.3 Å². The lowest BCUT2D eigenvalue weighted by atomic mass is 9.87. The van der Waals surface area contributed by atoms with E-state index in [1.807, 2.05) is 35.2 Å². The number of piperazine rings is 1. The number of carbonyl (C=O) groups is 4. The first-order valence-electron chi connectivity index (χ1n) is 17.1. The summed E-state index contributed by atoms with van der Waals surface area (Å²) in [5.74, 6) is -0.593. The molecular formula is C36H41BrN8O5. The molecule has 13 nitrogen and oxygen atoms in total. The lowest BCUT2D eigenvalue weighted by Crippen LogP contribution is -2.52. The Bertz CT molecular complexity index is 1890. The van der Waals surface area contributed by atoms with Crippen molar-refractivity contribution in [3.63, 3.8) is 0 Å². The van der Waals surface area contributed by atoms with Crippen molar-refractivity contribution >= 4 is 45.2 Å². The van der Waals surface area contributed by atoms with Gasteiger partial charge < -0.3 is 20.0 Å². The number of imide groups is 1. The fraction of sp³-hybridized carbons (Fsp3) is 0.444. The second-order valence-electron chi connectivity index (χ2n) is 13.8. The van der Waals surface area contributed by atoms with Crippen LogP contribution in [-0.4, -0.2) is 111 Å². The number of fused-ring (bicyclic) bond motifs is 1. The van der Waals surface area contributed by atoms with Gasteiger partial charge in [-0.3, -0.25) is 34.2 Å². The zero-order chi connectivity index (χ0) is 35.1. The third-order valence-electron chi connectivity index (χ3n) is 10.4. The van der Waals surface area contributed by atoms with E-state index in [1.165, 1.54) is 10.2 Å². The van der Waals surface area contributed by atoms with Crippen LogP contribution in [0.5, 0.6) is 0 Å². The highest BCUT2D eigenvalue weighted by Crippen LogP contribution is 2.32.